The van der Waals surface area contributed by atoms with Gasteiger partial charge in [0.05, 0.1) is 16.1 Å². The molecular weight excluding hydrogens is 418 g/mol. The van der Waals surface area contributed by atoms with Gasteiger partial charge in [-0.25, -0.2) is 0 Å². The van der Waals surface area contributed by atoms with Crippen LogP contribution in [0, 0.1) is 17.0 Å². The van der Waals surface area contributed by atoms with E-state index in [1.807, 2.05) is 6.92 Å². The van der Waals surface area contributed by atoms with Gasteiger partial charge in [0.1, 0.15) is 0 Å². The van der Waals surface area contributed by atoms with E-state index in [2.05, 4.69) is 5.32 Å². The Morgan fingerprint density at radius 2 is 1.84 bits per heavy atom. The Morgan fingerprint density at radius 1 is 1.12 bits per heavy atom. The number of benzene rings is 2. The van der Waals surface area contributed by atoms with Crippen molar-refractivity contribution in [3.8, 4) is 0 Å². The van der Waals surface area contributed by atoms with E-state index < -0.39 is 34.7 Å². The molecule has 2 aromatic rings. The lowest BCUT2D eigenvalue weighted by Gasteiger charge is -2.15. The number of imide groups is 1. The topological polar surface area (TPSA) is 136 Å². The normalized spacial score (nSPS) is 13.5. The molecule has 1 unspecified atom stereocenters. The summed E-state index contributed by atoms with van der Waals surface area (Å²) in [5.74, 6) is -2.11. The van der Waals surface area contributed by atoms with Gasteiger partial charge >= 0.3 is 5.97 Å². The van der Waals surface area contributed by atoms with Gasteiger partial charge in [0.2, 0.25) is 0 Å². The average Bonchev–Trinajstić information content (AvgIpc) is 2.98. The molecule has 10 heteroatoms. The second-order valence-corrected chi connectivity index (χ2v) is 7.34. The minimum Gasteiger partial charge on any atom is -0.453 e. The molecule has 1 aliphatic rings. The summed E-state index contributed by atoms with van der Waals surface area (Å²) >= 11 is 0. The molecule has 1 atom stereocenters. The Kier molecular flexibility index (Phi) is 6.62. The quantitative estimate of drug-likeness (QED) is 0.289. The number of nitro groups is 1. The number of nitrogens with zero attached hydrogens (tertiary/aromatic N) is 2. The summed E-state index contributed by atoms with van der Waals surface area (Å²) in [6, 6.07) is 10.4. The van der Waals surface area contributed by atoms with Gasteiger partial charge in [0.25, 0.3) is 23.4 Å². The third-order valence-corrected chi connectivity index (χ3v) is 4.89. The van der Waals surface area contributed by atoms with E-state index in [0.29, 0.717) is 11.1 Å². The molecule has 3 rings (SSSR count). The highest BCUT2D eigenvalue weighted by Crippen LogP contribution is 2.24. The van der Waals surface area contributed by atoms with E-state index in [4.69, 9.17) is 4.74 Å². The van der Waals surface area contributed by atoms with Crippen molar-refractivity contribution >= 4 is 35.1 Å². The summed E-state index contributed by atoms with van der Waals surface area (Å²) in [7, 11) is 0. The van der Waals surface area contributed by atoms with Crippen LogP contribution in [-0.2, 0) is 14.3 Å². The molecule has 1 aliphatic heterocycles. The highest BCUT2D eigenvalue weighted by Gasteiger charge is 2.35. The highest BCUT2D eigenvalue weighted by molar-refractivity contribution is 6.21. The van der Waals surface area contributed by atoms with Crippen molar-refractivity contribution in [3.63, 3.8) is 0 Å². The standard InChI is InChI=1S/C22H21N3O7/c1-13-8-9-17-18(11-13)22(29)24(21(17)28)10-4-7-19(26)32-14(2)20(27)23-15-5-3-6-16(12-15)25(30)31/h3,5-6,8-9,11-12,14H,4,7,10H2,1-2H3,(H,23,27). The maximum atomic E-state index is 12.4. The first-order valence-electron chi connectivity index (χ1n) is 9.89. The van der Waals surface area contributed by atoms with E-state index in [1.54, 1.807) is 18.2 Å². The van der Waals surface area contributed by atoms with Crippen LogP contribution < -0.4 is 5.32 Å². The number of nitrogens with one attached hydrogen (secondary N) is 1. The Bertz CT molecular complexity index is 1110. The number of carbonyl (C=O) groups is 4. The Labute approximate surface area is 183 Å². The number of non-ortho nitro benzene ring substituents is 1. The molecule has 10 nitrogen and oxygen atoms in total. The molecule has 0 saturated heterocycles. The van der Waals surface area contributed by atoms with Crippen LogP contribution in [0.1, 0.15) is 46.0 Å². The van der Waals surface area contributed by atoms with E-state index in [-0.39, 0.29) is 30.8 Å². The first-order valence-corrected chi connectivity index (χ1v) is 9.89. The van der Waals surface area contributed by atoms with Crippen LogP contribution in [0.5, 0.6) is 0 Å². The van der Waals surface area contributed by atoms with Gasteiger partial charge in [-0.3, -0.25) is 34.2 Å². The first-order chi connectivity index (χ1) is 15.2. The van der Waals surface area contributed by atoms with Crippen molar-refractivity contribution in [1.29, 1.82) is 0 Å². The second kappa shape index (κ2) is 9.38. The number of rotatable bonds is 8. The SMILES string of the molecule is Cc1ccc2c(c1)C(=O)N(CCCC(=O)OC(C)C(=O)Nc1cccc([N+](=O)[O-])c1)C2=O. The van der Waals surface area contributed by atoms with Crippen molar-refractivity contribution in [2.45, 2.75) is 32.8 Å². The molecule has 0 aromatic heterocycles. The average molecular weight is 439 g/mol. The monoisotopic (exact) mass is 439 g/mol. The number of amides is 3. The third kappa shape index (κ3) is 4.97. The summed E-state index contributed by atoms with van der Waals surface area (Å²) in [4.78, 5) is 60.4. The van der Waals surface area contributed by atoms with Crippen LogP contribution in [0.2, 0.25) is 0 Å². The number of esters is 1. The molecule has 0 saturated carbocycles. The lowest BCUT2D eigenvalue weighted by Crippen LogP contribution is -2.32. The van der Waals surface area contributed by atoms with Gasteiger partial charge in [-0.1, -0.05) is 17.7 Å². The van der Waals surface area contributed by atoms with Crippen molar-refractivity contribution in [3.05, 3.63) is 69.3 Å². The maximum absolute atomic E-state index is 12.4. The van der Waals surface area contributed by atoms with E-state index in [1.165, 1.54) is 31.2 Å². The lowest BCUT2D eigenvalue weighted by atomic mass is 10.1. The largest absolute Gasteiger partial charge is 0.453 e. The van der Waals surface area contributed by atoms with Gasteiger partial charge in [-0.15, -0.1) is 0 Å². The molecule has 32 heavy (non-hydrogen) atoms. The number of hydrogen-bond donors (Lipinski definition) is 1. The smallest absolute Gasteiger partial charge is 0.306 e. The van der Waals surface area contributed by atoms with Crippen molar-refractivity contribution in [1.82, 2.24) is 4.90 Å². The minimum absolute atomic E-state index is 0.0504. The molecule has 0 bridgehead atoms. The summed E-state index contributed by atoms with van der Waals surface area (Å²) in [5.41, 5.74) is 1.58. The number of ether oxygens (including phenoxy) is 1. The summed E-state index contributed by atoms with van der Waals surface area (Å²) < 4.78 is 5.08. The summed E-state index contributed by atoms with van der Waals surface area (Å²) in [5, 5.41) is 13.3. The van der Waals surface area contributed by atoms with Gasteiger partial charge in [0.15, 0.2) is 6.10 Å². The van der Waals surface area contributed by atoms with Crippen LogP contribution in [0.3, 0.4) is 0 Å². The fourth-order valence-electron chi connectivity index (χ4n) is 3.24. The number of fused-ring (bicyclic) bond motifs is 1. The van der Waals surface area contributed by atoms with E-state index in [9.17, 15) is 29.3 Å². The second-order valence-electron chi connectivity index (χ2n) is 7.34. The van der Waals surface area contributed by atoms with Gasteiger partial charge in [0, 0.05) is 30.8 Å². The van der Waals surface area contributed by atoms with Crippen LogP contribution in [0.15, 0.2) is 42.5 Å². The fourth-order valence-corrected chi connectivity index (χ4v) is 3.24. The summed E-state index contributed by atoms with van der Waals surface area (Å²) in [6.07, 6.45) is -1.05. The lowest BCUT2D eigenvalue weighted by molar-refractivity contribution is -0.384. The van der Waals surface area contributed by atoms with Crippen molar-refractivity contribution in [2.24, 2.45) is 0 Å². The zero-order valence-electron chi connectivity index (χ0n) is 17.5. The van der Waals surface area contributed by atoms with Gasteiger partial charge in [-0.2, -0.15) is 0 Å². The molecule has 0 aliphatic carbocycles. The van der Waals surface area contributed by atoms with Crippen LogP contribution in [0.25, 0.3) is 0 Å². The number of carbonyl (C=O) groups excluding carboxylic acids is 4. The predicted octanol–water partition coefficient (Wildman–Crippen LogP) is 2.85. The van der Waals surface area contributed by atoms with E-state index >= 15 is 0 Å². The third-order valence-electron chi connectivity index (χ3n) is 4.89. The van der Waals surface area contributed by atoms with Crippen molar-refractivity contribution in [2.75, 3.05) is 11.9 Å². The molecule has 3 amide bonds. The number of anilines is 1. The van der Waals surface area contributed by atoms with E-state index in [0.717, 1.165) is 10.5 Å². The predicted molar refractivity (Wildman–Crippen MR) is 113 cm³/mol. The molecule has 166 valence electrons. The van der Waals surface area contributed by atoms with Crippen LogP contribution >= 0.6 is 0 Å². The highest BCUT2D eigenvalue weighted by atomic mass is 16.6. The van der Waals surface area contributed by atoms with Crippen molar-refractivity contribution < 1.29 is 28.8 Å². The number of nitro benzene ring substituents is 1. The Morgan fingerprint density at radius 3 is 2.56 bits per heavy atom. The molecule has 1 N–H and O–H groups in total. The number of aryl methyl sites for hydroxylation is 1. The molecular formula is C22H21N3O7. The molecule has 0 spiro atoms. The zero-order chi connectivity index (χ0) is 23.4. The maximum Gasteiger partial charge on any atom is 0.306 e. The van der Waals surface area contributed by atoms with Crippen LogP contribution in [0.4, 0.5) is 11.4 Å². The Hall–Kier alpha value is -4.08. The first kappa shape index (κ1) is 22.6. The molecule has 2 aromatic carbocycles. The Balaban J connectivity index is 1.47. The van der Waals surface area contributed by atoms with Gasteiger partial charge in [-0.05, 0) is 38.5 Å². The molecule has 0 radical (unpaired) electrons. The zero-order valence-corrected chi connectivity index (χ0v) is 17.5. The fraction of sp³-hybridized carbons (Fsp3) is 0.273. The van der Waals surface area contributed by atoms with Gasteiger partial charge < -0.3 is 10.1 Å². The summed E-state index contributed by atoms with van der Waals surface area (Å²) in [6.45, 7) is 3.25. The molecule has 0 fully saturated rings. The van der Waals surface area contributed by atoms with Crippen LogP contribution in [-0.4, -0.2) is 46.2 Å². The molecule has 1 heterocycles. The number of hydrogen-bond acceptors (Lipinski definition) is 7. The minimum atomic E-state index is -1.14.